The van der Waals surface area contributed by atoms with Crippen molar-refractivity contribution in [2.75, 3.05) is 12.0 Å². The fourth-order valence-electron chi connectivity index (χ4n) is 2.61. The molecule has 7 nitrogen and oxygen atoms in total. The highest BCUT2D eigenvalue weighted by atomic mass is 32.1. The van der Waals surface area contributed by atoms with Crippen LogP contribution in [0.2, 0.25) is 0 Å². The van der Waals surface area contributed by atoms with Crippen LogP contribution in [0.5, 0.6) is 0 Å². The van der Waals surface area contributed by atoms with Crippen molar-refractivity contribution in [3.8, 4) is 0 Å². The number of carbonyl (C=O) groups is 1. The summed E-state index contributed by atoms with van der Waals surface area (Å²) in [6.07, 6.45) is 6.18. The second-order valence-electron chi connectivity index (χ2n) is 7.51. The molecular formula is C21H26N5O2S+. The molecular weight excluding hydrogens is 386 g/mol. The van der Waals surface area contributed by atoms with Gasteiger partial charge in [0, 0.05) is 19.0 Å². The fraction of sp³-hybridized carbons (Fsp3) is 0.333. The van der Waals surface area contributed by atoms with Crippen LogP contribution in [0, 0.1) is 0 Å². The van der Waals surface area contributed by atoms with E-state index in [1.807, 2.05) is 69.6 Å². The number of nitrogens with one attached hydrogen (secondary N) is 2. The van der Waals surface area contributed by atoms with Gasteiger partial charge in [0.05, 0.1) is 22.0 Å². The second kappa shape index (κ2) is 9.47. The van der Waals surface area contributed by atoms with Gasteiger partial charge in [0.25, 0.3) is 0 Å². The van der Waals surface area contributed by atoms with Crippen molar-refractivity contribution in [1.82, 2.24) is 10.3 Å². The number of hydrogen-bond acceptors (Lipinski definition) is 6. The molecule has 3 aromatic rings. The molecule has 1 aromatic carbocycles. The first-order valence-corrected chi connectivity index (χ1v) is 10.3. The monoisotopic (exact) mass is 412 g/mol. The number of nitrogens with zero attached hydrogens (tertiary/aromatic N) is 3. The first-order chi connectivity index (χ1) is 13.9. The Balaban J connectivity index is 1.46. The third kappa shape index (κ3) is 6.83. The standard InChI is InChI=1S/C21H25N5O2S/c1-21(2,3)28-20(27)22-11-7-13-26-12-6-8-16(15-26)14-23-25-19-24-17-9-4-5-10-18(17)29-19/h4-6,8-10,12,14-15H,7,11,13H2,1-3H3,(H-,22,24,25,27)/p+1. The maximum atomic E-state index is 11.6. The number of aryl methyl sites for hydroxylation is 1. The van der Waals surface area contributed by atoms with Gasteiger partial charge in [0.2, 0.25) is 5.13 Å². The smallest absolute Gasteiger partial charge is 0.407 e. The zero-order valence-corrected chi connectivity index (χ0v) is 17.7. The van der Waals surface area contributed by atoms with Gasteiger partial charge >= 0.3 is 6.09 Å². The maximum Gasteiger partial charge on any atom is 0.407 e. The molecule has 2 heterocycles. The van der Waals surface area contributed by atoms with Crippen LogP contribution in [0.4, 0.5) is 9.93 Å². The van der Waals surface area contributed by atoms with E-state index in [2.05, 4.69) is 25.4 Å². The topological polar surface area (TPSA) is 79.5 Å². The molecule has 0 aliphatic rings. The van der Waals surface area contributed by atoms with Gasteiger partial charge in [-0.1, -0.05) is 23.5 Å². The highest BCUT2D eigenvalue weighted by Gasteiger charge is 2.15. The summed E-state index contributed by atoms with van der Waals surface area (Å²) in [7, 11) is 0. The number of para-hydroxylation sites is 1. The summed E-state index contributed by atoms with van der Waals surface area (Å²) in [6, 6.07) is 12.0. The fourth-order valence-corrected chi connectivity index (χ4v) is 3.42. The van der Waals surface area contributed by atoms with Crippen LogP contribution < -0.4 is 15.3 Å². The number of ether oxygens (including phenoxy) is 1. The van der Waals surface area contributed by atoms with Crippen LogP contribution in [-0.4, -0.2) is 29.4 Å². The Kier molecular flexibility index (Phi) is 6.77. The zero-order chi connectivity index (χ0) is 20.7. The van der Waals surface area contributed by atoms with Gasteiger partial charge in [-0.25, -0.2) is 14.3 Å². The maximum absolute atomic E-state index is 11.6. The van der Waals surface area contributed by atoms with Crippen molar-refractivity contribution in [1.29, 1.82) is 0 Å². The average Bonchev–Trinajstić information content (AvgIpc) is 3.07. The number of fused-ring (bicyclic) bond motifs is 1. The molecule has 0 saturated carbocycles. The molecule has 8 heteroatoms. The summed E-state index contributed by atoms with van der Waals surface area (Å²) in [5, 5.41) is 7.82. The Hall–Kier alpha value is -3.00. The van der Waals surface area contributed by atoms with E-state index in [9.17, 15) is 4.79 Å². The van der Waals surface area contributed by atoms with Crippen molar-refractivity contribution in [3.63, 3.8) is 0 Å². The van der Waals surface area contributed by atoms with E-state index < -0.39 is 5.60 Å². The van der Waals surface area contributed by atoms with E-state index in [1.54, 1.807) is 17.6 Å². The second-order valence-corrected chi connectivity index (χ2v) is 8.54. The van der Waals surface area contributed by atoms with E-state index in [-0.39, 0.29) is 6.09 Å². The molecule has 0 bridgehead atoms. The lowest BCUT2D eigenvalue weighted by Gasteiger charge is -2.19. The molecule has 2 aromatic heterocycles. The van der Waals surface area contributed by atoms with E-state index >= 15 is 0 Å². The van der Waals surface area contributed by atoms with E-state index in [4.69, 9.17) is 4.74 Å². The van der Waals surface area contributed by atoms with Crippen molar-refractivity contribution >= 4 is 39.0 Å². The Morgan fingerprint density at radius 1 is 1.28 bits per heavy atom. The number of anilines is 1. The van der Waals surface area contributed by atoms with E-state index in [0.29, 0.717) is 6.54 Å². The average molecular weight is 413 g/mol. The van der Waals surface area contributed by atoms with Crippen LogP contribution in [0.3, 0.4) is 0 Å². The lowest BCUT2D eigenvalue weighted by Crippen LogP contribution is -2.37. The molecule has 152 valence electrons. The Bertz CT molecular complexity index is 961. The number of alkyl carbamates (subject to hydrolysis) is 1. The van der Waals surface area contributed by atoms with Crippen molar-refractivity contribution in [3.05, 3.63) is 54.4 Å². The van der Waals surface area contributed by atoms with Gasteiger partial charge < -0.3 is 10.1 Å². The zero-order valence-electron chi connectivity index (χ0n) is 16.9. The molecule has 0 saturated heterocycles. The van der Waals surface area contributed by atoms with Gasteiger partial charge in [-0.15, -0.1) is 0 Å². The SMILES string of the molecule is CC(C)(C)OC(=O)NCCC[n+]1cccc(C=NNc2nc3ccccc3s2)c1. The van der Waals surface area contributed by atoms with E-state index in [0.717, 1.165) is 33.9 Å². The van der Waals surface area contributed by atoms with Crippen molar-refractivity contribution < 1.29 is 14.1 Å². The van der Waals surface area contributed by atoms with Gasteiger partial charge in [-0.05, 0) is 39.0 Å². The van der Waals surface area contributed by atoms with Gasteiger partial charge in [0.15, 0.2) is 12.4 Å². The van der Waals surface area contributed by atoms with Gasteiger partial charge in [-0.3, -0.25) is 5.43 Å². The van der Waals surface area contributed by atoms with Gasteiger partial charge in [0.1, 0.15) is 12.1 Å². The Labute approximate surface area is 174 Å². The lowest BCUT2D eigenvalue weighted by atomic mass is 10.2. The molecule has 0 aliphatic heterocycles. The van der Waals surface area contributed by atoms with Crippen LogP contribution in [0.25, 0.3) is 10.2 Å². The van der Waals surface area contributed by atoms with Gasteiger partial charge in [-0.2, -0.15) is 5.10 Å². The molecule has 0 aliphatic carbocycles. The number of aromatic nitrogens is 2. The minimum absolute atomic E-state index is 0.385. The molecule has 1 amide bonds. The Morgan fingerprint density at radius 2 is 2.10 bits per heavy atom. The number of benzene rings is 1. The minimum atomic E-state index is -0.480. The summed E-state index contributed by atoms with van der Waals surface area (Å²) in [5.41, 5.74) is 4.45. The molecule has 0 fully saturated rings. The number of rotatable bonds is 7. The number of hydrogen-bond donors (Lipinski definition) is 2. The molecule has 0 atom stereocenters. The molecule has 2 N–H and O–H groups in total. The highest BCUT2D eigenvalue weighted by molar-refractivity contribution is 7.22. The van der Waals surface area contributed by atoms with Crippen molar-refractivity contribution in [2.24, 2.45) is 5.10 Å². The summed E-state index contributed by atoms with van der Waals surface area (Å²) in [6.45, 7) is 6.88. The number of thiazole rings is 1. The predicted octanol–water partition coefficient (Wildman–Crippen LogP) is 3.94. The third-order valence-electron chi connectivity index (χ3n) is 3.81. The summed E-state index contributed by atoms with van der Waals surface area (Å²) < 4.78 is 8.42. The van der Waals surface area contributed by atoms with Crippen LogP contribution in [0.1, 0.15) is 32.8 Å². The van der Waals surface area contributed by atoms with Crippen molar-refractivity contribution in [2.45, 2.75) is 39.3 Å². The van der Waals surface area contributed by atoms with Crippen LogP contribution in [-0.2, 0) is 11.3 Å². The first kappa shape index (κ1) is 20.7. The summed E-state index contributed by atoms with van der Waals surface area (Å²) >= 11 is 1.57. The summed E-state index contributed by atoms with van der Waals surface area (Å²) in [4.78, 5) is 16.1. The molecule has 29 heavy (non-hydrogen) atoms. The number of amides is 1. The molecule has 0 radical (unpaired) electrons. The van der Waals surface area contributed by atoms with Crippen LogP contribution >= 0.6 is 11.3 Å². The first-order valence-electron chi connectivity index (χ1n) is 9.50. The van der Waals surface area contributed by atoms with Crippen LogP contribution in [0.15, 0.2) is 53.9 Å². The minimum Gasteiger partial charge on any atom is -0.444 e. The highest BCUT2D eigenvalue weighted by Crippen LogP contribution is 2.25. The molecule has 0 unspecified atom stereocenters. The number of carbonyl (C=O) groups excluding carboxylic acids is 1. The van der Waals surface area contributed by atoms with E-state index in [1.165, 1.54) is 0 Å². The predicted molar refractivity (Wildman–Crippen MR) is 116 cm³/mol. The largest absolute Gasteiger partial charge is 0.444 e. The molecule has 3 rings (SSSR count). The molecule has 0 spiro atoms. The summed E-state index contributed by atoms with van der Waals surface area (Å²) in [5.74, 6) is 0. The normalized spacial score (nSPS) is 11.7. The third-order valence-corrected chi connectivity index (χ3v) is 4.75. The lowest BCUT2D eigenvalue weighted by molar-refractivity contribution is -0.697. The number of pyridine rings is 1. The Morgan fingerprint density at radius 3 is 2.90 bits per heavy atom. The number of hydrazone groups is 1. The quantitative estimate of drug-likeness (QED) is 0.267.